The molecule has 82 valence electrons. The van der Waals surface area contributed by atoms with Crippen molar-refractivity contribution < 1.29 is 14.6 Å². The summed E-state index contributed by atoms with van der Waals surface area (Å²) in [5.74, 6) is -0.929. The number of hydrogen-bond acceptors (Lipinski definition) is 3. The third kappa shape index (κ3) is 3.59. The SMILES string of the molecule is CCC(OCc1cccc(N)c1)C(=O)O. The van der Waals surface area contributed by atoms with Crippen LogP contribution in [0.4, 0.5) is 5.69 Å². The lowest BCUT2D eigenvalue weighted by Gasteiger charge is -2.11. The first kappa shape index (κ1) is 11.5. The quantitative estimate of drug-likeness (QED) is 0.723. The molecule has 4 heteroatoms. The maximum Gasteiger partial charge on any atom is 0.332 e. The first-order valence-electron chi connectivity index (χ1n) is 4.82. The zero-order valence-electron chi connectivity index (χ0n) is 8.64. The summed E-state index contributed by atoms with van der Waals surface area (Å²) in [5.41, 5.74) is 7.12. The van der Waals surface area contributed by atoms with Gasteiger partial charge in [-0.15, -0.1) is 0 Å². The number of hydrogen-bond donors (Lipinski definition) is 2. The molecule has 0 amide bonds. The Labute approximate surface area is 88.7 Å². The van der Waals surface area contributed by atoms with Crippen LogP contribution in [0.3, 0.4) is 0 Å². The second-order valence-electron chi connectivity index (χ2n) is 3.29. The van der Waals surface area contributed by atoms with Crippen molar-refractivity contribution >= 4 is 11.7 Å². The average molecular weight is 209 g/mol. The van der Waals surface area contributed by atoms with Crippen LogP contribution in [0.1, 0.15) is 18.9 Å². The fraction of sp³-hybridized carbons (Fsp3) is 0.364. The van der Waals surface area contributed by atoms with Gasteiger partial charge in [-0.2, -0.15) is 0 Å². The van der Waals surface area contributed by atoms with Crippen LogP contribution in [0, 0.1) is 0 Å². The highest BCUT2D eigenvalue weighted by Crippen LogP contribution is 2.10. The van der Waals surface area contributed by atoms with Crippen LogP contribution >= 0.6 is 0 Å². The van der Waals surface area contributed by atoms with Crippen molar-refractivity contribution in [2.24, 2.45) is 0 Å². The van der Waals surface area contributed by atoms with Gasteiger partial charge in [0.15, 0.2) is 6.10 Å². The molecule has 0 aliphatic rings. The molecule has 0 fully saturated rings. The number of nitrogens with two attached hydrogens (primary N) is 1. The number of benzene rings is 1. The van der Waals surface area contributed by atoms with Gasteiger partial charge in [0.1, 0.15) is 0 Å². The lowest BCUT2D eigenvalue weighted by molar-refractivity contribution is -0.151. The summed E-state index contributed by atoms with van der Waals surface area (Å²) in [6.07, 6.45) is -0.288. The van der Waals surface area contributed by atoms with E-state index in [1.54, 1.807) is 19.1 Å². The fourth-order valence-electron chi connectivity index (χ4n) is 1.24. The van der Waals surface area contributed by atoms with E-state index in [0.29, 0.717) is 12.1 Å². The summed E-state index contributed by atoms with van der Waals surface area (Å²) in [5, 5.41) is 8.76. The first-order chi connectivity index (χ1) is 7.13. The van der Waals surface area contributed by atoms with Gasteiger partial charge in [-0.05, 0) is 24.1 Å². The van der Waals surface area contributed by atoms with Gasteiger partial charge < -0.3 is 15.6 Å². The lowest BCUT2D eigenvalue weighted by Crippen LogP contribution is -2.22. The molecule has 1 unspecified atom stereocenters. The van der Waals surface area contributed by atoms with Gasteiger partial charge in [-0.3, -0.25) is 0 Å². The largest absolute Gasteiger partial charge is 0.479 e. The number of anilines is 1. The molecule has 0 aromatic heterocycles. The Hall–Kier alpha value is -1.55. The molecule has 1 atom stereocenters. The molecule has 0 aliphatic heterocycles. The van der Waals surface area contributed by atoms with Crippen molar-refractivity contribution in [3.8, 4) is 0 Å². The van der Waals surface area contributed by atoms with Crippen LogP contribution in [0.5, 0.6) is 0 Å². The highest BCUT2D eigenvalue weighted by molar-refractivity contribution is 5.72. The second-order valence-corrected chi connectivity index (χ2v) is 3.29. The molecule has 15 heavy (non-hydrogen) atoms. The number of carbonyl (C=O) groups is 1. The minimum absolute atomic E-state index is 0.274. The number of rotatable bonds is 5. The molecule has 0 saturated carbocycles. The van der Waals surface area contributed by atoms with Crippen molar-refractivity contribution in [2.45, 2.75) is 26.1 Å². The minimum atomic E-state index is -0.929. The molecule has 4 nitrogen and oxygen atoms in total. The summed E-state index contributed by atoms with van der Waals surface area (Å²) in [7, 11) is 0. The number of carboxylic acid groups (broad SMARTS) is 1. The molecule has 0 saturated heterocycles. The maximum absolute atomic E-state index is 10.7. The minimum Gasteiger partial charge on any atom is -0.479 e. The smallest absolute Gasteiger partial charge is 0.332 e. The van der Waals surface area contributed by atoms with Gasteiger partial charge in [-0.1, -0.05) is 19.1 Å². The summed E-state index contributed by atoms with van der Waals surface area (Å²) >= 11 is 0. The third-order valence-corrected chi connectivity index (χ3v) is 2.05. The van der Waals surface area contributed by atoms with E-state index in [0.717, 1.165) is 5.56 Å². The van der Waals surface area contributed by atoms with E-state index >= 15 is 0 Å². The third-order valence-electron chi connectivity index (χ3n) is 2.05. The highest BCUT2D eigenvalue weighted by Gasteiger charge is 2.14. The molecule has 0 spiro atoms. The molecule has 0 bridgehead atoms. The van der Waals surface area contributed by atoms with Crippen LogP contribution in [0.15, 0.2) is 24.3 Å². The highest BCUT2D eigenvalue weighted by atomic mass is 16.5. The van der Waals surface area contributed by atoms with Crippen molar-refractivity contribution in [1.82, 2.24) is 0 Å². The molecular weight excluding hydrogens is 194 g/mol. The zero-order valence-corrected chi connectivity index (χ0v) is 8.64. The lowest BCUT2D eigenvalue weighted by atomic mass is 10.2. The Morgan fingerprint density at radius 2 is 2.33 bits per heavy atom. The molecule has 0 heterocycles. The summed E-state index contributed by atoms with van der Waals surface area (Å²) in [6.45, 7) is 2.05. The van der Waals surface area contributed by atoms with Gasteiger partial charge in [0.2, 0.25) is 0 Å². The monoisotopic (exact) mass is 209 g/mol. The second kappa shape index (κ2) is 5.36. The molecule has 3 N–H and O–H groups in total. The summed E-state index contributed by atoms with van der Waals surface area (Å²) < 4.78 is 5.24. The van der Waals surface area contributed by atoms with E-state index in [1.165, 1.54) is 0 Å². The van der Waals surface area contributed by atoms with Gasteiger partial charge in [0, 0.05) is 5.69 Å². The predicted molar refractivity (Wildman–Crippen MR) is 57.4 cm³/mol. The molecular formula is C11H15NO3. The Balaban J connectivity index is 2.52. The van der Waals surface area contributed by atoms with Crippen molar-refractivity contribution in [3.05, 3.63) is 29.8 Å². The Bertz CT molecular complexity index is 338. The standard InChI is InChI=1S/C11H15NO3/c1-2-10(11(13)14)15-7-8-4-3-5-9(12)6-8/h3-6,10H,2,7,12H2,1H3,(H,13,14). The fourth-order valence-corrected chi connectivity index (χ4v) is 1.24. The maximum atomic E-state index is 10.7. The van der Waals surface area contributed by atoms with Crippen LogP contribution in [-0.2, 0) is 16.1 Å². The van der Waals surface area contributed by atoms with Crippen LogP contribution in [-0.4, -0.2) is 17.2 Å². The Morgan fingerprint density at radius 3 is 2.87 bits per heavy atom. The molecule has 1 rings (SSSR count). The normalized spacial score (nSPS) is 12.3. The van der Waals surface area contributed by atoms with E-state index in [9.17, 15) is 4.79 Å². The number of nitrogen functional groups attached to an aromatic ring is 1. The van der Waals surface area contributed by atoms with E-state index in [2.05, 4.69) is 0 Å². The summed E-state index contributed by atoms with van der Waals surface area (Å²) in [6, 6.07) is 7.22. The average Bonchev–Trinajstić information content (AvgIpc) is 2.18. The zero-order chi connectivity index (χ0) is 11.3. The van der Waals surface area contributed by atoms with Gasteiger partial charge in [-0.25, -0.2) is 4.79 Å². The number of carboxylic acids is 1. The first-order valence-corrected chi connectivity index (χ1v) is 4.82. The van der Waals surface area contributed by atoms with Crippen LogP contribution in [0.2, 0.25) is 0 Å². The molecule has 0 aliphatic carbocycles. The van der Waals surface area contributed by atoms with Gasteiger partial charge in [0.05, 0.1) is 6.61 Å². The molecule has 1 aromatic carbocycles. The summed E-state index contributed by atoms with van der Waals surface area (Å²) in [4.78, 5) is 10.7. The number of aliphatic carboxylic acids is 1. The van der Waals surface area contributed by atoms with E-state index in [-0.39, 0.29) is 6.61 Å². The molecule has 1 aromatic rings. The van der Waals surface area contributed by atoms with E-state index in [1.807, 2.05) is 12.1 Å². The van der Waals surface area contributed by atoms with Crippen molar-refractivity contribution in [1.29, 1.82) is 0 Å². The molecule has 0 radical (unpaired) electrons. The van der Waals surface area contributed by atoms with E-state index < -0.39 is 12.1 Å². The van der Waals surface area contributed by atoms with Gasteiger partial charge >= 0.3 is 5.97 Å². The van der Waals surface area contributed by atoms with Crippen LogP contribution in [0.25, 0.3) is 0 Å². The van der Waals surface area contributed by atoms with Crippen molar-refractivity contribution in [2.75, 3.05) is 5.73 Å². The number of ether oxygens (including phenoxy) is 1. The van der Waals surface area contributed by atoms with Crippen LogP contribution < -0.4 is 5.73 Å². The predicted octanol–water partition coefficient (Wildman–Crippen LogP) is 1.65. The van der Waals surface area contributed by atoms with Crippen molar-refractivity contribution in [3.63, 3.8) is 0 Å². The Morgan fingerprint density at radius 1 is 1.60 bits per heavy atom. The van der Waals surface area contributed by atoms with E-state index in [4.69, 9.17) is 15.6 Å². The van der Waals surface area contributed by atoms with Gasteiger partial charge in [0.25, 0.3) is 0 Å². The Kier molecular flexibility index (Phi) is 4.12. The topological polar surface area (TPSA) is 72.5 Å².